The van der Waals surface area contributed by atoms with Gasteiger partial charge in [0.25, 0.3) is 0 Å². The molecule has 0 heterocycles. The molecule has 4 heteroatoms. The minimum absolute atomic E-state index is 0.0136. The molecule has 0 fully saturated rings. The highest BCUT2D eigenvalue weighted by molar-refractivity contribution is 5.85. The van der Waals surface area contributed by atoms with E-state index in [1.165, 1.54) is 4.90 Å². The molecule has 0 aliphatic carbocycles. The summed E-state index contributed by atoms with van der Waals surface area (Å²) in [5.74, 6) is -0.0618. The van der Waals surface area contributed by atoms with Gasteiger partial charge in [0.15, 0.2) is 0 Å². The van der Waals surface area contributed by atoms with Gasteiger partial charge in [-0.05, 0) is 30.5 Å². The fourth-order valence-corrected chi connectivity index (χ4v) is 2.72. The molecule has 2 amide bonds. The molecular formula is C21H26N2O2. The number of rotatable bonds is 7. The first kappa shape index (κ1) is 18.7. The molecule has 0 aromatic heterocycles. The summed E-state index contributed by atoms with van der Waals surface area (Å²) in [6.45, 7) is 5.34. The molecule has 0 spiro atoms. The van der Waals surface area contributed by atoms with Crippen LogP contribution >= 0.6 is 0 Å². The fraction of sp³-hybridized carbons (Fsp3) is 0.333. The molecule has 4 nitrogen and oxygen atoms in total. The highest BCUT2D eigenvalue weighted by Gasteiger charge is 2.16. The maximum atomic E-state index is 12.4. The van der Waals surface area contributed by atoms with E-state index in [2.05, 4.69) is 12.1 Å². The van der Waals surface area contributed by atoms with Gasteiger partial charge in [-0.15, -0.1) is 0 Å². The van der Waals surface area contributed by atoms with Gasteiger partial charge < -0.3 is 9.80 Å². The van der Waals surface area contributed by atoms with Crippen LogP contribution in [0.5, 0.6) is 0 Å². The summed E-state index contributed by atoms with van der Waals surface area (Å²) >= 11 is 0. The summed E-state index contributed by atoms with van der Waals surface area (Å²) in [4.78, 5) is 27.7. The van der Waals surface area contributed by atoms with E-state index in [1.54, 1.807) is 11.9 Å². The Morgan fingerprint density at radius 3 is 1.92 bits per heavy atom. The zero-order valence-corrected chi connectivity index (χ0v) is 15.2. The summed E-state index contributed by atoms with van der Waals surface area (Å²) in [6, 6.07) is 18.1. The van der Waals surface area contributed by atoms with Gasteiger partial charge in [-0.1, -0.05) is 54.6 Å². The van der Waals surface area contributed by atoms with Gasteiger partial charge in [-0.25, -0.2) is 0 Å². The van der Waals surface area contributed by atoms with Gasteiger partial charge in [0.2, 0.25) is 11.8 Å². The molecule has 0 bridgehead atoms. The van der Waals surface area contributed by atoms with E-state index in [1.807, 2.05) is 56.3 Å². The number of likely N-dealkylation sites (N-methyl/N-ethyl adjacent to an activating group) is 2. The van der Waals surface area contributed by atoms with Crippen LogP contribution in [0.25, 0.3) is 11.1 Å². The Morgan fingerprint density at radius 2 is 1.36 bits per heavy atom. The van der Waals surface area contributed by atoms with Crippen molar-refractivity contribution < 1.29 is 9.59 Å². The molecule has 0 saturated carbocycles. The number of benzene rings is 2. The monoisotopic (exact) mass is 338 g/mol. The number of carbonyl (C=O) groups is 2. The first-order chi connectivity index (χ1) is 12.0. The van der Waals surface area contributed by atoms with Gasteiger partial charge in [-0.3, -0.25) is 9.59 Å². The Kier molecular flexibility index (Phi) is 6.75. The first-order valence-electron chi connectivity index (χ1n) is 8.71. The van der Waals surface area contributed by atoms with Crippen LogP contribution < -0.4 is 0 Å². The van der Waals surface area contributed by atoms with Crippen molar-refractivity contribution in [2.45, 2.75) is 20.3 Å². The molecule has 0 aliphatic rings. The van der Waals surface area contributed by atoms with Crippen LogP contribution in [0.2, 0.25) is 0 Å². The van der Waals surface area contributed by atoms with Gasteiger partial charge >= 0.3 is 0 Å². The fourth-order valence-electron chi connectivity index (χ4n) is 2.72. The van der Waals surface area contributed by atoms with Crippen LogP contribution in [0, 0.1) is 0 Å². The zero-order chi connectivity index (χ0) is 18.2. The average molecular weight is 338 g/mol. The van der Waals surface area contributed by atoms with E-state index in [0.29, 0.717) is 19.5 Å². The second-order valence-electron chi connectivity index (χ2n) is 6.06. The number of nitrogens with zero attached hydrogens (tertiary/aromatic N) is 2. The number of carbonyl (C=O) groups excluding carboxylic acids is 2. The molecule has 132 valence electrons. The van der Waals surface area contributed by atoms with Crippen molar-refractivity contribution in [1.82, 2.24) is 9.80 Å². The lowest BCUT2D eigenvalue weighted by Crippen LogP contribution is -2.41. The summed E-state index contributed by atoms with van der Waals surface area (Å²) in [5.41, 5.74) is 3.23. The van der Waals surface area contributed by atoms with E-state index in [9.17, 15) is 9.59 Å². The van der Waals surface area contributed by atoms with Crippen molar-refractivity contribution in [1.29, 1.82) is 0 Å². The highest BCUT2D eigenvalue weighted by Crippen LogP contribution is 2.19. The van der Waals surface area contributed by atoms with Gasteiger partial charge in [-0.2, -0.15) is 0 Å². The third-order valence-corrected chi connectivity index (χ3v) is 4.33. The summed E-state index contributed by atoms with van der Waals surface area (Å²) in [5, 5.41) is 0. The van der Waals surface area contributed by atoms with E-state index in [4.69, 9.17) is 0 Å². The summed E-state index contributed by atoms with van der Waals surface area (Å²) in [7, 11) is 1.68. The summed E-state index contributed by atoms with van der Waals surface area (Å²) in [6.07, 6.45) is 0.303. The molecule has 2 rings (SSSR count). The largest absolute Gasteiger partial charge is 0.342 e. The van der Waals surface area contributed by atoms with Crippen molar-refractivity contribution in [3.8, 4) is 11.1 Å². The second-order valence-corrected chi connectivity index (χ2v) is 6.06. The number of hydrogen-bond acceptors (Lipinski definition) is 2. The van der Waals surface area contributed by atoms with Crippen molar-refractivity contribution in [3.05, 3.63) is 60.2 Å². The van der Waals surface area contributed by atoms with Gasteiger partial charge in [0.1, 0.15) is 0 Å². The zero-order valence-electron chi connectivity index (χ0n) is 15.2. The molecule has 2 aromatic carbocycles. The van der Waals surface area contributed by atoms with Gasteiger partial charge in [0.05, 0.1) is 13.0 Å². The predicted octanol–water partition coefficient (Wildman–Crippen LogP) is 3.22. The Labute approximate surface area is 150 Å². The smallest absolute Gasteiger partial charge is 0.242 e. The van der Waals surface area contributed by atoms with E-state index >= 15 is 0 Å². The normalized spacial score (nSPS) is 10.4. The molecular weight excluding hydrogens is 312 g/mol. The van der Waals surface area contributed by atoms with Crippen LogP contribution in [0.15, 0.2) is 54.6 Å². The first-order valence-corrected chi connectivity index (χ1v) is 8.71. The molecule has 0 saturated heterocycles. The van der Waals surface area contributed by atoms with Crippen LogP contribution in [0.4, 0.5) is 0 Å². The SMILES string of the molecule is CCN(CC)C(=O)CN(C)C(=O)Cc1ccc(-c2ccccc2)cc1. The lowest BCUT2D eigenvalue weighted by atomic mass is 10.0. The lowest BCUT2D eigenvalue weighted by molar-refractivity contribution is -0.138. The molecule has 0 N–H and O–H groups in total. The van der Waals surface area contributed by atoms with Crippen LogP contribution in [-0.4, -0.2) is 48.3 Å². The van der Waals surface area contributed by atoms with Crippen LogP contribution in [0.1, 0.15) is 19.4 Å². The molecule has 2 aromatic rings. The Balaban J connectivity index is 1.95. The minimum Gasteiger partial charge on any atom is -0.342 e. The topological polar surface area (TPSA) is 40.6 Å². The number of hydrogen-bond donors (Lipinski definition) is 0. The Morgan fingerprint density at radius 1 is 0.800 bits per heavy atom. The lowest BCUT2D eigenvalue weighted by Gasteiger charge is -2.23. The molecule has 0 radical (unpaired) electrons. The minimum atomic E-state index is -0.0482. The average Bonchev–Trinajstić information content (AvgIpc) is 2.64. The quantitative estimate of drug-likeness (QED) is 0.778. The predicted molar refractivity (Wildman–Crippen MR) is 101 cm³/mol. The second kappa shape index (κ2) is 9.02. The van der Waals surface area contributed by atoms with Crippen LogP contribution in [-0.2, 0) is 16.0 Å². The van der Waals surface area contributed by atoms with Crippen molar-refractivity contribution in [3.63, 3.8) is 0 Å². The maximum Gasteiger partial charge on any atom is 0.242 e. The Hall–Kier alpha value is -2.62. The van der Waals surface area contributed by atoms with E-state index in [-0.39, 0.29) is 18.4 Å². The summed E-state index contributed by atoms with van der Waals surface area (Å²) < 4.78 is 0. The third-order valence-electron chi connectivity index (χ3n) is 4.33. The van der Waals surface area contributed by atoms with Crippen LogP contribution in [0.3, 0.4) is 0 Å². The number of amides is 2. The Bertz CT molecular complexity index is 692. The molecule has 0 aliphatic heterocycles. The van der Waals surface area contributed by atoms with Gasteiger partial charge in [0, 0.05) is 20.1 Å². The highest BCUT2D eigenvalue weighted by atomic mass is 16.2. The molecule has 0 atom stereocenters. The maximum absolute atomic E-state index is 12.4. The van der Waals surface area contributed by atoms with Crippen molar-refractivity contribution >= 4 is 11.8 Å². The van der Waals surface area contributed by atoms with E-state index in [0.717, 1.165) is 16.7 Å². The molecule has 25 heavy (non-hydrogen) atoms. The van der Waals surface area contributed by atoms with E-state index < -0.39 is 0 Å². The standard InChI is InChI=1S/C21H26N2O2/c1-4-23(5-2)21(25)16-22(3)20(24)15-17-11-13-19(14-12-17)18-9-7-6-8-10-18/h6-14H,4-5,15-16H2,1-3H3. The third kappa shape index (κ3) is 5.18. The van der Waals surface area contributed by atoms with Crippen molar-refractivity contribution in [2.24, 2.45) is 0 Å². The molecule has 0 unspecified atom stereocenters. The van der Waals surface area contributed by atoms with Crippen molar-refractivity contribution in [2.75, 3.05) is 26.7 Å².